The number of carbonyl (C=O) groups excluding carboxylic acids is 1. The second kappa shape index (κ2) is 7.51. The fraction of sp³-hybridized carbons (Fsp3) is 0.421. The molecule has 0 amide bonds. The summed E-state index contributed by atoms with van der Waals surface area (Å²) in [5.41, 5.74) is 3.62. The van der Waals surface area contributed by atoms with Gasteiger partial charge in [0.2, 0.25) is 5.56 Å². The maximum Gasteiger partial charge on any atom is 0.248 e. The van der Waals surface area contributed by atoms with Crippen molar-refractivity contribution in [1.82, 2.24) is 14.5 Å². The molecule has 0 saturated heterocycles. The van der Waals surface area contributed by atoms with E-state index in [2.05, 4.69) is 28.4 Å². The van der Waals surface area contributed by atoms with Crippen molar-refractivity contribution < 1.29 is 9.53 Å². The molecule has 1 aliphatic rings. The average molecular weight is 341 g/mol. The van der Waals surface area contributed by atoms with Crippen LogP contribution in [0.4, 0.5) is 0 Å². The summed E-state index contributed by atoms with van der Waals surface area (Å²) in [6.07, 6.45) is 10.1. The largest absolute Gasteiger partial charge is 0.487 e. The Balaban J connectivity index is 1.88. The fourth-order valence-corrected chi connectivity index (χ4v) is 3.24. The number of carbonyl (C=O) groups is 1. The van der Waals surface area contributed by atoms with Crippen LogP contribution in [0.1, 0.15) is 61.6 Å². The summed E-state index contributed by atoms with van der Waals surface area (Å²) in [4.78, 5) is 29.3. The molecule has 0 spiro atoms. The second-order valence-corrected chi connectivity index (χ2v) is 6.59. The number of hydrogen-bond acceptors (Lipinski definition) is 4. The van der Waals surface area contributed by atoms with Crippen molar-refractivity contribution in [3.63, 3.8) is 0 Å². The second-order valence-electron chi connectivity index (χ2n) is 6.59. The third-order valence-electron chi connectivity index (χ3n) is 4.56. The zero-order valence-electron chi connectivity index (χ0n) is 14.6. The normalized spacial score (nSPS) is 14.8. The van der Waals surface area contributed by atoms with Crippen LogP contribution in [0, 0.1) is 0 Å². The quantitative estimate of drug-likeness (QED) is 0.817. The number of aldehydes is 1. The molecule has 0 bridgehead atoms. The number of nitrogens with one attached hydrogen (secondary N) is 1. The Labute approximate surface area is 146 Å². The Morgan fingerprint density at radius 1 is 1.36 bits per heavy atom. The van der Waals surface area contributed by atoms with Gasteiger partial charge in [0.1, 0.15) is 12.4 Å². The summed E-state index contributed by atoms with van der Waals surface area (Å²) in [5.74, 6) is 0.407. The molecule has 25 heavy (non-hydrogen) atoms. The minimum Gasteiger partial charge on any atom is -0.487 e. The topological polar surface area (TPSA) is 77.0 Å². The van der Waals surface area contributed by atoms with E-state index in [0.29, 0.717) is 24.7 Å². The molecule has 0 fully saturated rings. The molecule has 0 radical (unpaired) electrons. The summed E-state index contributed by atoms with van der Waals surface area (Å²) in [6.45, 7) is 4.69. The van der Waals surface area contributed by atoms with Crippen LogP contribution in [0.25, 0.3) is 5.57 Å². The predicted octanol–water partition coefficient (Wildman–Crippen LogP) is 3.37. The minimum absolute atomic E-state index is 0.272. The van der Waals surface area contributed by atoms with Gasteiger partial charge >= 0.3 is 0 Å². The highest BCUT2D eigenvalue weighted by molar-refractivity contribution is 5.78. The van der Waals surface area contributed by atoms with E-state index in [9.17, 15) is 9.59 Å². The number of imidazole rings is 1. The monoisotopic (exact) mass is 341 g/mol. The van der Waals surface area contributed by atoms with Crippen molar-refractivity contribution in [3.05, 3.63) is 52.0 Å². The van der Waals surface area contributed by atoms with E-state index in [1.807, 2.05) is 12.5 Å². The fourth-order valence-electron chi connectivity index (χ4n) is 3.24. The van der Waals surface area contributed by atoms with E-state index in [-0.39, 0.29) is 11.1 Å². The molecule has 0 saturated carbocycles. The number of H-pyrrole nitrogens is 1. The lowest BCUT2D eigenvalue weighted by Crippen LogP contribution is -2.13. The Morgan fingerprint density at radius 3 is 2.92 bits per heavy atom. The van der Waals surface area contributed by atoms with Gasteiger partial charge in [-0.05, 0) is 50.7 Å². The molecule has 1 N–H and O–H groups in total. The lowest BCUT2D eigenvalue weighted by Gasteiger charge is -2.23. The highest BCUT2D eigenvalue weighted by Gasteiger charge is 2.19. The first-order valence-electron chi connectivity index (χ1n) is 8.64. The summed E-state index contributed by atoms with van der Waals surface area (Å²) >= 11 is 0. The van der Waals surface area contributed by atoms with Gasteiger partial charge in [0.05, 0.1) is 23.8 Å². The highest BCUT2D eigenvalue weighted by atomic mass is 16.5. The van der Waals surface area contributed by atoms with Crippen molar-refractivity contribution in [2.24, 2.45) is 0 Å². The summed E-state index contributed by atoms with van der Waals surface area (Å²) in [6, 6.07) is 1.60. The number of aromatic amines is 1. The molecule has 1 aliphatic carbocycles. The zero-order valence-corrected chi connectivity index (χ0v) is 14.6. The molecule has 0 aliphatic heterocycles. The van der Waals surface area contributed by atoms with Gasteiger partial charge in [-0.25, -0.2) is 4.98 Å². The van der Waals surface area contributed by atoms with Crippen LogP contribution < -0.4 is 10.3 Å². The number of ether oxygens (including phenoxy) is 1. The minimum atomic E-state index is -0.312. The van der Waals surface area contributed by atoms with Crippen LogP contribution in [0.3, 0.4) is 0 Å². The van der Waals surface area contributed by atoms with Crippen LogP contribution in [-0.4, -0.2) is 27.4 Å². The molecule has 2 heterocycles. The van der Waals surface area contributed by atoms with Gasteiger partial charge in [-0.15, -0.1) is 0 Å². The molecule has 6 heteroatoms. The highest BCUT2D eigenvalue weighted by Crippen LogP contribution is 2.33. The number of allylic oxidation sites excluding steroid dienone is 1. The van der Waals surface area contributed by atoms with Gasteiger partial charge in [-0.3, -0.25) is 9.59 Å². The maximum atomic E-state index is 11.3. The third-order valence-corrected chi connectivity index (χ3v) is 4.56. The van der Waals surface area contributed by atoms with Crippen molar-refractivity contribution in [3.8, 4) is 5.75 Å². The first-order valence-corrected chi connectivity index (χ1v) is 8.64. The third kappa shape index (κ3) is 3.73. The van der Waals surface area contributed by atoms with Crippen molar-refractivity contribution in [2.45, 2.75) is 45.6 Å². The van der Waals surface area contributed by atoms with Gasteiger partial charge in [0.25, 0.3) is 0 Å². The summed E-state index contributed by atoms with van der Waals surface area (Å²) in [5, 5.41) is 0. The summed E-state index contributed by atoms with van der Waals surface area (Å²) < 4.78 is 8.04. The molecular weight excluding hydrogens is 318 g/mol. The van der Waals surface area contributed by atoms with Crippen LogP contribution >= 0.6 is 0 Å². The van der Waals surface area contributed by atoms with Crippen LogP contribution in [-0.2, 0) is 0 Å². The molecule has 3 rings (SSSR count). The number of rotatable bonds is 6. The molecule has 6 nitrogen and oxygen atoms in total. The zero-order chi connectivity index (χ0) is 17.8. The molecule has 0 unspecified atom stereocenters. The predicted molar refractivity (Wildman–Crippen MR) is 95.9 cm³/mol. The Morgan fingerprint density at radius 2 is 2.16 bits per heavy atom. The first-order chi connectivity index (χ1) is 12.1. The van der Waals surface area contributed by atoms with Crippen molar-refractivity contribution in [2.75, 3.05) is 6.61 Å². The van der Waals surface area contributed by atoms with Gasteiger partial charge in [0, 0.05) is 18.3 Å². The van der Waals surface area contributed by atoms with Crippen LogP contribution in [0.5, 0.6) is 5.75 Å². The first kappa shape index (κ1) is 17.2. The lowest BCUT2D eigenvalue weighted by atomic mass is 9.90. The van der Waals surface area contributed by atoms with E-state index in [1.165, 1.54) is 23.4 Å². The molecule has 0 aromatic carbocycles. The van der Waals surface area contributed by atoms with Crippen molar-refractivity contribution >= 4 is 11.9 Å². The number of pyridine rings is 1. The summed E-state index contributed by atoms with van der Waals surface area (Å²) in [7, 11) is 0. The van der Waals surface area contributed by atoms with E-state index in [0.717, 1.165) is 31.4 Å². The standard InChI is InChI=1S/C19H23N3O3/c1-13(2)22-12-20-8-17(22)16-6-4-3-5-14(16)11-25-18-9-21-19(24)7-15(18)10-23/h7-10,12-13H,3-6,11H2,1-2H3,(H,21,24). The Kier molecular flexibility index (Phi) is 5.16. The Hall–Kier alpha value is -2.63. The molecule has 0 atom stereocenters. The Bertz CT molecular complexity index is 846. The van der Waals surface area contributed by atoms with Crippen LogP contribution in [0.2, 0.25) is 0 Å². The van der Waals surface area contributed by atoms with E-state index in [4.69, 9.17) is 4.74 Å². The molecular formula is C19H23N3O3. The van der Waals surface area contributed by atoms with E-state index >= 15 is 0 Å². The molecule has 2 aromatic rings. The number of aromatic nitrogens is 3. The SMILES string of the molecule is CC(C)n1cncc1C1=C(COc2c[nH]c(=O)cc2C=O)CCCC1. The van der Waals surface area contributed by atoms with E-state index in [1.54, 1.807) is 0 Å². The smallest absolute Gasteiger partial charge is 0.248 e. The lowest BCUT2D eigenvalue weighted by molar-refractivity contribution is 0.111. The van der Waals surface area contributed by atoms with Crippen molar-refractivity contribution in [1.29, 1.82) is 0 Å². The average Bonchev–Trinajstić information content (AvgIpc) is 3.10. The van der Waals surface area contributed by atoms with Gasteiger partial charge in [0.15, 0.2) is 6.29 Å². The van der Waals surface area contributed by atoms with Crippen LogP contribution in [0.15, 0.2) is 35.2 Å². The number of hydrogen-bond donors (Lipinski definition) is 1. The van der Waals surface area contributed by atoms with Gasteiger partial charge < -0.3 is 14.3 Å². The van der Waals surface area contributed by atoms with Gasteiger partial charge in [-0.2, -0.15) is 0 Å². The van der Waals surface area contributed by atoms with E-state index < -0.39 is 0 Å². The number of nitrogens with zero attached hydrogens (tertiary/aromatic N) is 2. The maximum absolute atomic E-state index is 11.3. The molecule has 132 valence electrons. The van der Waals surface area contributed by atoms with Gasteiger partial charge in [-0.1, -0.05) is 0 Å². The molecule has 2 aromatic heterocycles.